The monoisotopic (exact) mass is 430 g/mol. The van der Waals surface area contributed by atoms with Gasteiger partial charge in [0, 0.05) is 17.5 Å². The van der Waals surface area contributed by atoms with Crippen LogP contribution in [0.5, 0.6) is 0 Å². The molecule has 0 spiro atoms. The van der Waals surface area contributed by atoms with Crippen LogP contribution in [0.15, 0.2) is 12.3 Å². The number of nitrogens with zero attached hydrogens (tertiary/aromatic N) is 2. The third kappa shape index (κ3) is 3.46. The highest BCUT2D eigenvalue weighted by atomic mass is 35.5. The number of alkyl halides is 3. The molecule has 4 rings (SSSR count). The van der Waals surface area contributed by atoms with Crippen LogP contribution >= 0.6 is 11.6 Å². The average molecular weight is 431 g/mol. The zero-order chi connectivity index (χ0) is 21.2. The number of benzene rings is 1. The van der Waals surface area contributed by atoms with Crippen molar-refractivity contribution < 1.29 is 27.2 Å². The lowest BCUT2D eigenvalue weighted by Gasteiger charge is -2.32. The summed E-state index contributed by atoms with van der Waals surface area (Å²) in [4.78, 5) is 0. The van der Waals surface area contributed by atoms with E-state index in [0.29, 0.717) is 23.9 Å². The number of ether oxygens (including phenoxy) is 1. The van der Waals surface area contributed by atoms with E-state index < -0.39 is 41.3 Å². The van der Waals surface area contributed by atoms with Crippen LogP contribution in [0.4, 0.5) is 13.2 Å². The van der Waals surface area contributed by atoms with E-state index in [1.807, 2.05) is 27.7 Å². The third-order valence-corrected chi connectivity index (χ3v) is 6.51. The molecule has 3 heterocycles. The predicted octanol–water partition coefficient (Wildman–Crippen LogP) is 4.71. The fourth-order valence-corrected chi connectivity index (χ4v) is 4.08. The van der Waals surface area contributed by atoms with Gasteiger partial charge >= 0.3 is 13.3 Å². The molecule has 10 heteroatoms. The molecule has 0 N–H and O–H groups in total. The van der Waals surface area contributed by atoms with Crippen molar-refractivity contribution in [1.29, 1.82) is 0 Å². The molecular formula is C19H23BClF3N2O3. The van der Waals surface area contributed by atoms with Crippen LogP contribution in [-0.4, -0.2) is 34.7 Å². The minimum Gasteiger partial charge on any atom is -0.399 e. The van der Waals surface area contributed by atoms with Crippen molar-refractivity contribution in [2.24, 2.45) is 0 Å². The van der Waals surface area contributed by atoms with Gasteiger partial charge < -0.3 is 14.0 Å². The lowest BCUT2D eigenvalue weighted by Crippen LogP contribution is -2.41. The van der Waals surface area contributed by atoms with Gasteiger partial charge in [0.15, 0.2) is 6.23 Å². The first-order valence-electron chi connectivity index (χ1n) is 9.66. The van der Waals surface area contributed by atoms with E-state index in [4.69, 9.17) is 25.6 Å². The van der Waals surface area contributed by atoms with Crippen LogP contribution in [0, 0.1) is 0 Å². The van der Waals surface area contributed by atoms with E-state index in [1.54, 1.807) is 0 Å². The van der Waals surface area contributed by atoms with Crippen molar-refractivity contribution in [3.8, 4) is 0 Å². The minimum absolute atomic E-state index is 0.150. The number of aromatic nitrogens is 2. The highest BCUT2D eigenvalue weighted by Crippen LogP contribution is 2.41. The van der Waals surface area contributed by atoms with Crippen LogP contribution < -0.4 is 5.46 Å². The summed E-state index contributed by atoms with van der Waals surface area (Å²) in [6.07, 6.45) is -0.988. The van der Waals surface area contributed by atoms with E-state index in [9.17, 15) is 13.2 Å². The van der Waals surface area contributed by atoms with E-state index in [1.165, 1.54) is 10.9 Å². The molecule has 2 aromatic rings. The second-order valence-corrected chi connectivity index (χ2v) is 8.96. The molecule has 0 aliphatic carbocycles. The van der Waals surface area contributed by atoms with E-state index >= 15 is 0 Å². The van der Waals surface area contributed by atoms with Gasteiger partial charge in [0.05, 0.1) is 33.5 Å². The van der Waals surface area contributed by atoms with Gasteiger partial charge in [-0.05, 0) is 53.0 Å². The van der Waals surface area contributed by atoms with Gasteiger partial charge in [-0.3, -0.25) is 0 Å². The van der Waals surface area contributed by atoms with Gasteiger partial charge in [-0.25, -0.2) is 4.68 Å². The fraction of sp³-hybridized carbons (Fsp3) is 0.632. The van der Waals surface area contributed by atoms with Gasteiger partial charge in [0.1, 0.15) is 0 Å². The van der Waals surface area contributed by atoms with Crippen molar-refractivity contribution in [2.45, 2.75) is 70.6 Å². The van der Waals surface area contributed by atoms with Crippen molar-refractivity contribution in [3.05, 3.63) is 22.8 Å². The predicted molar refractivity (Wildman–Crippen MR) is 104 cm³/mol. The Morgan fingerprint density at radius 2 is 1.83 bits per heavy atom. The minimum atomic E-state index is -4.63. The van der Waals surface area contributed by atoms with E-state index in [0.717, 1.165) is 18.9 Å². The van der Waals surface area contributed by atoms with Crippen LogP contribution in [0.25, 0.3) is 10.9 Å². The molecule has 0 radical (unpaired) electrons. The Morgan fingerprint density at radius 1 is 1.17 bits per heavy atom. The van der Waals surface area contributed by atoms with Crippen LogP contribution in [0.3, 0.4) is 0 Å². The normalized spacial score (nSPS) is 24.4. The Morgan fingerprint density at radius 3 is 2.38 bits per heavy atom. The molecular weight excluding hydrogens is 407 g/mol. The van der Waals surface area contributed by atoms with Crippen molar-refractivity contribution in [1.82, 2.24) is 9.78 Å². The summed E-state index contributed by atoms with van der Waals surface area (Å²) in [7, 11) is -1.04. The maximum atomic E-state index is 13.8. The van der Waals surface area contributed by atoms with Gasteiger partial charge in [-0.1, -0.05) is 11.6 Å². The zero-order valence-corrected chi connectivity index (χ0v) is 17.5. The molecule has 2 aliphatic heterocycles. The molecule has 1 aromatic carbocycles. The number of hydrogen-bond acceptors (Lipinski definition) is 4. The summed E-state index contributed by atoms with van der Waals surface area (Å²) in [5.41, 5.74) is -1.92. The molecule has 2 fully saturated rings. The van der Waals surface area contributed by atoms with Gasteiger partial charge in [0.25, 0.3) is 0 Å². The fourth-order valence-electron chi connectivity index (χ4n) is 3.73. The molecule has 1 atom stereocenters. The van der Waals surface area contributed by atoms with Gasteiger partial charge in [0.2, 0.25) is 0 Å². The average Bonchev–Trinajstić information content (AvgIpc) is 3.11. The molecule has 5 nitrogen and oxygen atoms in total. The summed E-state index contributed by atoms with van der Waals surface area (Å²) in [6, 6.07) is 1.04. The Bertz CT molecular complexity index is 923. The molecule has 0 saturated carbocycles. The lowest BCUT2D eigenvalue weighted by molar-refractivity contribution is -0.137. The molecule has 2 aliphatic rings. The zero-order valence-electron chi connectivity index (χ0n) is 16.8. The molecule has 1 unspecified atom stereocenters. The number of hydrogen-bond donors (Lipinski definition) is 0. The molecule has 158 valence electrons. The van der Waals surface area contributed by atoms with Crippen LogP contribution in [0.2, 0.25) is 5.02 Å². The van der Waals surface area contributed by atoms with Crippen molar-refractivity contribution >= 4 is 35.1 Å². The van der Waals surface area contributed by atoms with E-state index in [2.05, 4.69) is 5.10 Å². The summed E-state index contributed by atoms with van der Waals surface area (Å²) in [6.45, 7) is 7.90. The van der Waals surface area contributed by atoms with Crippen molar-refractivity contribution in [2.75, 3.05) is 6.61 Å². The van der Waals surface area contributed by atoms with Gasteiger partial charge in [-0.2, -0.15) is 18.3 Å². The Balaban J connectivity index is 1.91. The highest BCUT2D eigenvalue weighted by molar-refractivity contribution is 6.68. The Kier molecular flexibility index (Phi) is 4.97. The second kappa shape index (κ2) is 6.87. The van der Waals surface area contributed by atoms with E-state index in [-0.39, 0.29) is 5.46 Å². The lowest BCUT2D eigenvalue weighted by atomic mass is 9.76. The first-order valence-corrected chi connectivity index (χ1v) is 10.0. The summed E-state index contributed by atoms with van der Waals surface area (Å²) < 4.78 is 60.7. The SMILES string of the molecule is CC1(C)OB(c2c(Cl)c(C(F)(F)F)cc3c2cnn3C2CCCCO2)OC1(C)C. The molecule has 0 amide bonds. The molecule has 0 bridgehead atoms. The number of rotatable bonds is 2. The van der Waals surface area contributed by atoms with Crippen molar-refractivity contribution in [3.63, 3.8) is 0 Å². The largest absolute Gasteiger partial charge is 0.497 e. The first kappa shape index (κ1) is 21.0. The summed E-state index contributed by atoms with van der Waals surface area (Å²) in [5.74, 6) is 0. The summed E-state index contributed by atoms with van der Waals surface area (Å²) >= 11 is 6.29. The highest BCUT2D eigenvalue weighted by Gasteiger charge is 2.53. The Labute approximate surface area is 172 Å². The first-order chi connectivity index (χ1) is 13.4. The summed E-state index contributed by atoms with van der Waals surface area (Å²) in [5, 5.41) is 4.39. The quantitative estimate of drug-likeness (QED) is 0.648. The van der Waals surface area contributed by atoms with Gasteiger partial charge in [-0.15, -0.1) is 0 Å². The third-order valence-electron chi connectivity index (χ3n) is 6.10. The topological polar surface area (TPSA) is 45.5 Å². The second-order valence-electron chi connectivity index (χ2n) is 8.58. The number of fused-ring (bicyclic) bond motifs is 1. The Hall–Kier alpha value is -1.29. The smallest absolute Gasteiger partial charge is 0.399 e. The molecule has 2 saturated heterocycles. The van der Waals surface area contributed by atoms with Crippen LogP contribution in [0.1, 0.15) is 58.7 Å². The number of halogens is 4. The maximum Gasteiger partial charge on any atom is 0.497 e. The maximum absolute atomic E-state index is 13.8. The molecule has 1 aromatic heterocycles. The standard InChI is InChI=1S/C19H23BClF3N2O3/c1-17(2)18(3,4)29-20(28-17)15-11-10-25-26(14-7-5-6-8-27-14)13(11)9-12(16(15)21)19(22,23)24/h9-10,14H,5-8H2,1-4H3. The van der Waals surface area contributed by atoms with Crippen LogP contribution in [-0.2, 0) is 20.2 Å². The molecule has 29 heavy (non-hydrogen) atoms.